The lowest BCUT2D eigenvalue weighted by Gasteiger charge is -2.13. The fourth-order valence-corrected chi connectivity index (χ4v) is 2.16. The first-order chi connectivity index (χ1) is 10.9. The van der Waals surface area contributed by atoms with Gasteiger partial charge in [-0.25, -0.2) is 0 Å². The van der Waals surface area contributed by atoms with Crippen molar-refractivity contribution in [1.29, 1.82) is 0 Å². The number of carbonyl (C=O) groups excluding carboxylic acids is 1. The Labute approximate surface area is 133 Å². The van der Waals surface area contributed by atoms with Crippen LogP contribution in [0.2, 0.25) is 0 Å². The van der Waals surface area contributed by atoms with Crippen molar-refractivity contribution in [2.45, 2.75) is 13.8 Å². The van der Waals surface area contributed by atoms with E-state index < -0.39 is 10.8 Å². The number of para-hydroxylation sites is 2. The maximum absolute atomic E-state index is 11.8. The normalized spacial score (nSPS) is 11.6. The molecule has 0 saturated heterocycles. The first-order valence-corrected chi connectivity index (χ1v) is 6.98. The highest BCUT2D eigenvalue weighted by molar-refractivity contribution is 6.03. The Hall–Kier alpha value is -3.15. The Morgan fingerprint density at radius 3 is 2.30 bits per heavy atom. The molecule has 6 nitrogen and oxygen atoms in total. The lowest BCUT2D eigenvalue weighted by Crippen LogP contribution is -2.21. The molecule has 118 valence electrons. The summed E-state index contributed by atoms with van der Waals surface area (Å²) in [6, 6.07) is 13.7. The molecule has 2 rings (SSSR count). The molecule has 0 unspecified atom stereocenters. The zero-order chi connectivity index (χ0) is 17.0. The number of nitro benzene ring substituents is 1. The minimum absolute atomic E-state index is 0.122. The number of benzene rings is 2. The molecule has 2 aromatic carbocycles. The molecule has 2 aromatic rings. The van der Waals surface area contributed by atoms with Crippen LogP contribution in [0.15, 0.2) is 54.2 Å². The number of nitrogens with one attached hydrogen (secondary N) is 1. The summed E-state index contributed by atoms with van der Waals surface area (Å²) >= 11 is 0. The molecule has 0 saturated carbocycles. The molecule has 23 heavy (non-hydrogen) atoms. The topological polar surface area (TPSA) is 98.3 Å². The van der Waals surface area contributed by atoms with E-state index in [1.54, 1.807) is 19.1 Å². The average Bonchev–Trinajstić information content (AvgIpc) is 2.52. The van der Waals surface area contributed by atoms with Crippen LogP contribution in [0.25, 0.3) is 5.57 Å². The van der Waals surface area contributed by atoms with Crippen LogP contribution >= 0.6 is 0 Å². The fraction of sp³-hybridized carbons (Fsp3) is 0.118. The predicted octanol–water partition coefficient (Wildman–Crippen LogP) is 3.23. The zero-order valence-electron chi connectivity index (χ0n) is 12.9. The molecule has 0 fully saturated rings. The number of primary amides is 1. The number of nitro groups is 1. The summed E-state index contributed by atoms with van der Waals surface area (Å²) in [5.41, 5.74) is 8.20. The fourth-order valence-electron chi connectivity index (χ4n) is 2.16. The van der Waals surface area contributed by atoms with E-state index in [0.717, 1.165) is 11.1 Å². The van der Waals surface area contributed by atoms with Gasteiger partial charge in [0.25, 0.3) is 11.6 Å². The quantitative estimate of drug-likeness (QED) is 0.503. The van der Waals surface area contributed by atoms with Crippen molar-refractivity contribution in [3.63, 3.8) is 0 Å². The molecule has 0 aromatic heterocycles. The number of carbonyl (C=O) groups is 1. The number of nitrogens with zero attached hydrogens (tertiary/aromatic N) is 1. The second kappa shape index (κ2) is 6.74. The SMILES string of the molecule is CC(=C(Nc1ccccc1[N+](=O)[O-])C(N)=O)c1ccc(C)cc1. The van der Waals surface area contributed by atoms with Crippen LogP contribution in [0.3, 0.4) is 0 Å². The Morgan fingerprint density at radius 1 is 1.13 bits per heavy atom. The average molecular weight is 311 g/mol. The molecule has 0 aliphatic rings. The highest BCUT2D eigenvalue weighted by atomic mass is 16.6. The van der Waals surface area contributed by atoms with E-state index in [9.17, 15) is 14.9 Å². The first kappa shape index (κ1) is 16.2. The van der Waals surface area contributed by atoms with Crippen molar-refractivity contribution >= 4 is 22.9 Å². The van der Waals surface area contributed by atoms with Gasteiger partial charge in [-0.15, -0.1) is 0 Å². The molecule has 0 aliphatic carbocycles. The van der Waals surface area contributed by atoms with Crippen LogP contribution in [-0.4, -0.2) is 10.8 Å². The molecule has 0 bridgehead atoms. The number of amides is 1. The number of rotatable bonds is 5. The van der Waals surface area contributed by atoms with Gasteiger partial charge in [0.15, 0.2) is 0 Å². The molecular formula is C17H17N3O3. The van der Waals surface area contributed by atoms with Crippen molar-refractivity contribution < 1.29 is 9.72 Å². The third-order valence-corrected chi connectivity index (χ3v) is 3.47. The van der Waals surface area contributed by atoms with E-state index in [1.165, 1.54) is 12.1 Å². The standard InChI is InChI=1S/C17H17N3O3/c1-11-7-9-13(10-8-11)12(2)16(17(18)21)19-14-5-3-4-6-15(14)20(22)23/h3-10,19H,1-2H3,(H2,18,21). The first-order valence-electron chi connectivity index (χ1n) is 6.98. The van der Waals surface area contributed by atoms with Gasteiger partial charge < -0.3 is 11.1 Å². The number of hydrogen-bond acceptors (Lipinski definition) is 4. The Kier molecular flexibility index (Phi) is 4.75. The minimum Gasteiger partial charge on any atom is -0.364 e. The second-order valence-electron chi connectivity index (χ2n) is 5.13. The van der Waals surface area contributed by atoms with Crippen molar-refractivity contribution in [1.82, 2.24) is 0 Å². The predicted molar refractivity (Wildman–Crippen MR) is 89.7 cm³/mol. The summed E-state index contributed by atoms with van der Waals surface area (Å²) in [5, 5.41) is 13.9. The summed E-state index contributed by atoms with van der Waals surface area (Å²) in [6.07, 6.45) is 0. The molecule has 0 heterocycles. The van der Waals surface area contributed by atoms with Crippen molar-refractivity contribution in [2.24, 2.45) is 5.73 Å². The zero-order valence-corrected chi connectivity index (χ0v) is 12.9. The van der Waals surface area contributed by atoms with Gasteiger partial charge in [-0.3, -0.25) is 14.9 Å². The third-order valence-electron chi connectivity index (χ3n) is 3.47. The summed E-state index contributed by atoms with van der Waals surface area (Å²) in [5.74, 6) is -0.679. The van der Waals surface area contributed by atoms with E-state index >= 15 is 0 Å². The van der Waals surface area contributed by atoms with Crippen LogP contribution in [0.1, 0.15) is 18.1 Å². The van der Waals surface area contributed by atoms with Gasteiger partial charge in [0.2, 0.25) is 0 Å². The Bertz CT molecular complexity index is 780. The molecule has 0 aliphatic heterocycles. The molecule has 6 heteroatoms. The summed E-state index contributed by atoms with van der Waals surface area (Å²) in [7, 11) is 0. The number of nitrogens with two attached hydrogens (primary N) is 1. The van der Waals surface area contributed by atoms with Gasteiger partial charge >= 0.3 is 0 Å². The van der Waals surface area contributed by atoms with Gasteiger partial charge in [0.05, 0.1) is 4.92 Å². The van der Waals surface area contributed by atoms with E-state index in [2.05, 4.69) is 5.32 Å². The second-order valence-corrected chi connectivity index (χ2v) is 5.13. The van der Waals surface area contributed by atoms with Crippen LogP contribution in [0.5, 0.6) is 0 Å². The number of anilines is 1. The molecule has 3 N–H and O–H groups in total. The number of hydrogen-bond donors (Lipinski definition) is 2. The molecule has 0 atom stereocenters. The van der Waals surface area contributed by atoms with E-state index in [4.69, 9.17) is 5.73 Å². The summed E-state index contributed by atoms with van der Waals surface area (Å²) in [4.78, 5) is 22.4. The highest BCUT2D eigenvalue weighted by Gasteiger charge is 2.17. The van der Waals surface area contributed by atoms with Crippen molar-refractivity contribution in [3.05, 3.63) is 75.5 Å². The van der Waals surface area contributed by atoms with E-state index in [1.807, 2.05) is 31.2 Å². The molecule has 0 spiro atoms. The van der Waals surface area contributed by atoms with Crippen LogP contribution in [0, 0.1) is 17.0 Å². The van der Waals surface area contributed by atoms with Gasteiger partial charge in [-0.1, -0.05) is 42.0 Å². The monoisotopic (exact) mass is 311 g/mol. The van der Waals surface area contributed by atoms with E-state index in [0.29, 0.717) is 5.57 Å². The lowest BCUT2D eigenvalue weighted by atomic mass is 10.0. The van der Waals surface area contributed by atoms with Crippen LogP contribution in [0.4, 0.5) is 11.4 Å². The molecular weight excluding hydrogens is 294 g/mol. The number of aryl methyl sites for hydroxylation is 1. The maximum atomic E-state index is 11.8. The van der Waals surface area contributed by atoms with Crippen LogP contribution < -0.4 is 11.1 Å². The lowest BCUT2D eigenvalue weighted by molar-refractivity contribution is -0.383. The minimum atomic E-state index is -0.679. The third kappa shape index (κ3) is 3.74. The maximum Gasteiger partial charge on any atom is 0.292 e. The smallest absolute Gasteiger partial charge is 0.292 e. The Morgan fingerprint density at radius 2 is 1.74 bits per heavy atom. The molecule has 1 amide bonds. The largest absolute Gasteiger partial charge is 0.364 e. The van der Waals surface area contributed by atoms with Crippen molar-refractivity contribution in [2.75, 3.05) is 5.32 Å². The molecule has 0 radical (unpaired) electrons. The highest BCUT2D eigenvalue weighted by Crippen LogP contribution is 2.27. The Balaban J connectivity index is 2.47. The van der Waals surface area contributed by atoms with Crippen molar-refractivity contribution in [3.8, 4) is 0 Å². The van der Waals surface area contributed by atoms with Gasteiger partial charge in [0, 0.05) is 6.07 Å². The van der Waals surface area contributed by atoms with Gasteiger partial charge in [0.1, 0.15) is 11.4 Å². The summed E-state index contributed by atoms with van der Waals surface area (Å²) in [6.45, 7) is 3.70. The van der Waals surface area contributed by atoms with E-state index in [-0.39, 0.29) is 17.1 Å². The number of allylic oxidation sites excluding steroid dienone is 1. The van der Waals surface area contributed by atoms with Gasteiger partial charge in [-0.05, 0) is 31.1 Å². The van der Waals surface area contributed by atoms with Gasteiger partial charge in [-0.2, -0.15) is 0 Å². The summed E-state index contributed by atoms with van der Waals surface area (Å²) < 4.78 is 0. The van der Waals surface area contributed by atoms with Crippen LogP contribution in [-0.2, 0) is 4.79 Å².